The van der Waals surface area contributed by atoms with Crippen LogP contribution in [0.25, 0.3) is 0 Å². The van der Waals surface area contributed by atoms with Crippen LogP contribution in [0.4, 0.5) is 0 Å². The van der Waals surface area contributed by atoms with E-state index in [-0.39, 0.29) is 17.6 Å². The Bertz CT molecular complexity index is 814. The van der Waals surface area contributed by atoms with Gasteiger partial charge in [0.2, 0.25) is 5.91 Å². The van der Waals surface area contributed by atoms with E-state index >= 15 is 0 Å². The monoisotopic (exact) mass is 383 g/mol. The molecule has 0 fully saturated rings. The van der Waals surface area contributed by atoms with E-state index < -0.39 is 0 Å². The van der Waals surface area contributed by atoms with Crippen LogP contribution >= 0.6 is 0 Å². The topological polar surface area (TPSA) is 56.8 Å². The molecule has 1 aliphatic rings. The van der Waals surface area contributed by atoms with Crippen LogP contribution in [-0.4, -0.2) is 25.2 Å². The second-order valence-corrected chi connectivity index (χ2v) is 7.85. The van der Waals surface area contributed by atoms with E-state index in [1.165, 1.54) is 0 Å². The fourth-order valence-corrected chi connectivity index (χ4v) is 3.46. The lowest BCUT2D eigenvalue weighted by Gasteiger charge is -2.38. The van der Waals surface area contributed by atoms with Crippen molar-refractivity contribution in [2.45, 2.75) is 51.7 Å². The summed E-state index contributed by atoms with van der Waals surface area (Å²) >= 11 is 0. The Kier molecular flexibility index (Phi) is 6.12. The maximum absolute atomic E-state index is 12.5. The number of amides is 1. The van der Waals surface area contributed by atoms with Gasteiger partial charge in [0.1, 0.15) is 22.8 Å². The first-order chi connectivity index (χ1) is 13.4. The summed E-state index contributed by atoms with van der Waals surface area (Å²) in [7, 11) is 1.63. The molecule has 0 saturated heterocycles. The summed E-state index contributed by atoms with van der Waals surface area (Å²) in [5.74, 6) is 2.46. The van der Waals surface area contributed by atoms with Gasteiger partial charge in [0.25, 0.3) is 0 Å². The zero-order valence-corrected chi connectivity index (χ0v) is 17.1. The number of hydrogen-bond donors (Lipinski definition) is 1. The summed E-state index contributed by atoms with van der Waals surface area (Å²) in [5, 5.41) is 3.18. The van der Waals surface area contributed by atoms with Crippen LogP contribution in [0, 0.1) is 6.92 Å². The average molecular weight is 383 g/mol. The first kappa shape index (κ1) is 20.1. The van der Waals surface area contributed by atoms with Gasteiger partial charge in [-0.05, 0) is 57.5 Å². The van der Waals surface area contributed by atoms with Gasteiger partial charge in [-0.1, -0.05) is 17.7 Å². The molecule has 1 aliphatic heterocycles. The Morgan fingerprint density at radius 2 is 1.89 bits per heavy atom. The van der Waals surface area contributed by atoms with Crippen LogP contribution in [-0.2, 0) is 4.79 Å². The molecule has 2 aromatic rings. The number of aryl methyl sites for hydroxylation is 1. The van der Waals surface area contributed by atoms with Crippen molar-refractivity contribution >= 4 is 5.91 Å². The highest BCUT2D eigenvalue weighted by atomic mass is 16.5. The third kappa shape index (κ3) is 5.18. The molecule has 5 nitrogen and oxygen atoms in total. The SMILES string of the molecule is COc1ccc(OCCCC(=O)N[C@H]2CC(C)(C)Oc3ccc(C)cc32)cc1. The van der Waals surface area contributed by atoms with Crippen LogP contribution in [0.15, 0.2) is 42.5 Å². The van der Waals surface area contributed by atoms with Gasteiger partial charge in [0.05, 0.1) is 19.8 Å². The Balaban J connectivity index is 1.51. The zero-order chi connectivity index (χ0) is 20.1. The molecule has 2 aromatic carbocycles. The molecule has 0 aliphatic carbocycles. The predicted molar refractivity (Wildman–Crippen MR) is 109 cm³/mol. The summed E-state index contributed by atoms with van der Waals surface area (Å²) < 4.78 is 16.9. The first-order valence-electron chi connectivity index (χ1n) is 9.72. The molecular weight excluding hydrogens is 354 g/mol. The van der Waals surface area contributed by atoms with E-state index in [4.69, 9.17) is 14.2 Å². The molecule has 0 bridgehead atoms. The van der Waals surface area contributed by atoms with Crippen molar-refractivity contribution in [3.8, 4) is 17.2 Å². The largest absolute Gasteiger partial charge is 0.497 e. The highest BCUT2D eigenvalue weighted by Crippen LogP contribution is 2.39. The minimum atomic E-state index is -0.308. The van der Waals surface area contributed by atoms with Gasteiger partial charge in [-0.2, -0.15) is 0 Å². The third-order valence-electron chi connectivity index (χ3n) is 4.83. The van der Waals surface area contributed by atoms with Crippen molar-refractivity contribution in [3.63, 3.8) is 0 Å². The number of fused-ring (bicyclic) bond motifs is 1. The van der Waals surface area contributed by atoms with Gasteiger partial charge in [-0.25, -0.2) is 0 Å². The number of hydrogen-bond acceptors (Lipinski definition) is 4. The number of nitrogens with one attached hydrogen (secondary N) is 1. The number of benzene rings is 2. The quantitative estimate of drug-likeness (QED) is 0.711. The third-order valence-corrected chi connectivity index (χ3v) is 4.83. The van der Waals surface area contributed by atoms with Gasteiger partial charge >= 0.3 is 0 Å². The van der Waals surface area contributed by atoms with E-state index in [0.29, 0.717) is 19.4 Å². The first-order valence-corrected chi connectivity index (χ1v) is 9.72. The van der Waals surface area contributed by atoms with Gasteiger partial charge in [0, 0.05) is 18.4 Å². The lowest BCUT2D eigenvalue weighted by Crippen LogP contribution is -2.41. The number of ether oxygens (including phenoxy) is 3. The zero-order valence-electron chi connectivity index (χ0n) is 17.1. The Morgan fingerprint density at radius 3 is 2.61 bits per heavy atom. The molecule has 1 heterocycles. The molecule has 1 amide bonds. The maximum Gasteiger partial charge on any atom is 0.220 e. The molecule has 0 aromatic heterocycles. The van der Waals surface area contributed by atoms with Crippen LogP contribution in [0.1, 0.15) is 50.3 Å². The molecule has 3 rings (SSSR count). The van der Waals surface area contributed by atoms with Gasteiger partial charge in [-0.15, -0.1) is 0 Å². The Hall–Kier alpha value is -2.69. The fourth-order valence-electron chi connectivity index (χ4n) is 3.46. The number of carbonyl (C=O) groups excluding carboxylic acids is 1. The summed E-state index contributed by atoms with van der Waals surface area (Å²) in [4.78, 5) is 12.5. The van der Waals surface area contributed by atoms with Crippen LogP contribution in [0.5, 0.6) is 17.2 Å². The lowest BCUT2D eigenvalue weighted by molar-refractivity contribution is -0.122. The van der Waals surface area contributed by atoms with Crippen molar-refractivity contribution in [3.05, 3.63) is 53.6 Å². The Labute approximate surface area is 167 Å². The minimum Gasteiger partial charge on any atom is -0.497 e. The standard InChI is InChI=1S/C23H29NO4/c1-16-7-12-21-19(14-16)20(15-23(2,3)28-21)24-22(25)6-5-13-27-18-10-8-17(26-4)9-11-18/h7-12,14,20H,5-6,13,15H2,1-4H3,(H,24,25)/t20-/m0/s1. The molecular formula is C23H29NO4. The summed E-state index contributed by atoms with van der Waals surface area (Å²) in [5.41, 5.74) is 1.91. The Morgan fingerprint density at radius 1 is 1.18 bits per heavy atom. The fraction of sp³-hybridized carbons (Fsp3) is 0.435. The summed E-state index contributed by atoms with van der Waals surface area (Å²) in [6.45, 7) is 6.65. The molecule has 28 heavy (non-hydrogen) atoms. The van der Waals surface area contributed by atoms with Crippen LogP contribution < -0.4 is 19.5 Å². The normalized spacial score (nSPS) is 17.2. The smallest absolute Gasteiger partial charge is 0.220 e. The number of methoxy groups -OCH3 is 1. The second-order valence-electron chi connectivity index (χ2n) is 7.85. The molecule has 5 heteroatoms. The van der Waals surface area contributed by atoms with E-state index in [2.05, 4.69) is 32.2 Å². The molecule has 1 atom stereocenters. The van der Waals surface area contributed by atoms with Crippen molar-refractivity contribution in [2.75, 3.05) is 13.7 Å². The molecule has 0 radical (unpaired) electrons. The predicted octanol–water partition coefficient (Wildman–Crippen LogP) is 4.58. The minimum absolute atomic E-state index is 0.0337. The van der Waals surface area contributed by atoms with E-state index in [9.17, 15) is 4.79 Å². The maximum atomic E-state index is 12.5. The van der Waals surface area contributed by atoms with Gasteiger partial charge < -0.3 is 19.5 Å². The van der Waals surface area contributed by atoms with Crippen LogP contribution in [0.2, 0.25) is 0 Å². The van der Waals surface area contributed by atoms with Crippen molar-refractivity contribution in [2.24, 2.45) is 0 Å². The molecule has 0 unspecified atom stereocenters. The summed E-state index contributed by atoms with van der Waals surface area (Å²) in [6, 6.07) is 13.5. The molecule has 0 spiro atoms. The lowest BCUT2D eigenvalue weighted by atomic mass is 9.89. The molecule has 0 saturated carbocycles. The van der Waals surface area contributed by atoms with E-state index in [1.54, 1.807) is 7.11 Å². The highest BCUT2D eigenvalue weighted by Gasteiger charge is 2.34. The number of rotatable bonds is 7. The van der Waals surface area contributed by atoms with Gasteiger partial charge in [0.15, 0.2) is 0 Å². The number of carbonyl (C=O) groups is 1. The average Bonchev–Trinajstić information content (AvgIpc) is 2.66. The van der Waals surface area contributed by atoms with Crippen molar-refractivity contribution in [1.29, 1.82) is 0 Å². The highest BCUT2D eigenvalue weighted by molar-refractivity contribution is 5.76. The van der Waals surface area contributed by atoms with Crippen LogP contribution in [0.3, 0.4) is 0 Å². The van der Waals surface area contributed by atoms with E-state index in [0.717, 1.165) is 34.8 Å². The second kappa shape index (κ2) is 8.55. The van der Waals surface area contributed by atoms with E-state index in [1.807, 2.05) is 36.4 Å². The van der Waals surface area contributed by atoms with Gasteiger partial charge in [-0.3, -0.25) is 4.79 Å². The molecule has 1 N–H and O–H groups in total. The van der Waals surface area contributed by atoms with Crippen molar-refractivity contribution < 1.29 is 19.0 Å². The molecule has 150 valence electrons. The van der Waals surface area contributed by atoms with Crippen molar-refractivity contribution in [1.82, 2.24) is 5.32 Å². The summed E-state index contributed by atoms with van der Waals surface area (Å²) in [6.07, 6.45) is 1.83.